The van der Waals surface area contributed by atoms with Gasteiger partial charge in [0.1, 0.15) is 24.4 Å². The molecule has 1 saturated heterocycles. The number of carbonyl (C=O) groups is 1. The Morgan fingerprint density at radius 1 is 0.395 bits per heavy atom. The molecule has 0 bridgehead atoms. The van der Waals surface area contributed by atoms with Crippen molar-refractivity contribution in [3.05, 3.63) is 0 Å². The van der Waals surface area contributed by atoms with Gasteiger partial charge >= 0.3 is 0 Å². The summed E-state index contributed by atoms with van der Waals surface area (Å²) in [4.78, 5) is 13.1. The van der Waals surface area contributed by atoms with Gasteiger partial charge in [-0.3, -0.25) is 4.79 Å². The van der Waals surface area contributed by atoms with Crippen molar-refractivity contribution in [3.8, 4) is 0 Å². The molecule has 0 saturated carbocycles. The molecule has 7 atom stereocenters. The molecule has 0 aromatic carbocycles. The summed E-state index contributed by atoms with van der Waals surface area (Å²) in [5.74, 6) is -0.133. The fourth-order valence-corrected chi connectivity index (χ4v) is 11.6. The van der Waals surface area contributed by atoms with Gasteiger partial charge in [0.05, 0.1) is 25.4 Å². The number of hydrogen-bond acceptors (Lipinski definition) is 8. The van der Waals surface area contributed by atoms with E-state index in [1.54, 1.807) is 0 Å². The number of rotatable bonds is 61. The van der Waals surface area contributed by atoms with E-state index in [1.807, 2.05) is 0 Å². The third kappa shape index (κ3) is 45.9. The van der Waals surface area contributed by atoms with E-state index in [0.29, 0.717) is 12.8 Å². The molecule has 1 heterocycles. The first-order valence-corrected chi connectivity index (χ1v) is 34.2. The van der Waals surface area contributed by atoms with Gasteiger partial charge in [0, 0.05) is 6.42 Å². The summed E-state index contributed by atoms with van der Waals surface area (Å²) in [6, 6.07) is -0.715. The van der Waals surface area contributed by atoms with Crippen LogP contribution in [0.5, 0.6) is 0 Å². The van der Waals surface area contributed by atoms with Crippen LogP contribution in [-0.4, -0.2) is 87.5 Å². The fraction of sp³-hybridized carbons (Fsp3) is 0.985. The van der Waals surface area contributed by atoms with E-state index in [9.17, 15) is 30.3 Å². The smallest absolute Gasteiger partial charge is 0.220 e. The second kappa shape index (κ2) is 57.4. The molecule has 9 heteroatoms. The SMILES string of the molecule is CCCCCCCCCCCCCCCCCCCCCCCCCCCCCCCC(O)C(COC1OC(CO)C(O)C(O)C1O)NC(=O)CCCCCCCCCCCCCCCCCCCCCCCCCC. The Labute approximate surface area is 472 Å². The minimum absolute atomic E-state index is 0.130. The van der Waals surface area contributed by atoms with E-state index in [0.717, 1.165) is 38.5 Å². The molecule has 0 aromatic heterocycles. The molecule has 1 fully saturated rings. The maximum Gasteiger partial charge on any atom is 0.220 e. The number of unbranched alkanes of at least 4 members (excludes halogenated alkanes) is 51. The van der Waals surface area contributed by atoms with E-state index in [1.165, 1.54) is 302 Å². The van der Waals surface area contributed by atoms with Gasteiger partial charge in [-0.25, -0.2) is 0 Å². The number of aliphatic hydroxyl groups is 5. The highest BCUT2D eigenvalue weighted by atomic mass is 16.7. The Morgan fingerprint density at radius 2 is 0.658 bits per heavy atom. The van der Waals surface area contributed by atoms with Gasteiger partial charge in [0.2, 0.25) is 5.91 Å². The molecule has 0 aromatic rings. The lowest BCUT2D eigenvalue weighted by atomic mass is 9.99. The minimum atomic E-state index is -1.55. The second-order valence-corrected chi connectivity index (χ2v) is 24.3. The molecule has 1 aliphatic rings. The van der Waals surface area contributed by atoms with E-state index < -0.39 is 49.5 Å². The first-order valence-electron chi connectivity index (χ1n) is 34.2. The quantitative estimate of drug-likeness (QED) is 0.0330. The van der Waals surface area contributed by atoms with Crippen LogP contribution in [0.15, 0.2) is 0 Å². The summed E-state index contributed by atoms with van der Waals surface area (Å²) in [6.45, 7) is 3.91. The molecule has 7 unspecified atom stereocenters. The average Bonchev–Trinajstić information content (AvgIpc) is 3.42. The van der Waals surface area contributed by atoms with Crippen molar-refractivity contribution in [3.63, 3.8) is 0 Å². The number of amides is 1. The Kier molecular flexibility index (Phi) is 55.3. The van der Waals surface area contributed by atoms with Crippen LogP contribution in [0.2, 0.25) is 0 Å². The van der Waals surface area contributed by atoms with Crippen molar-refractivity contribution < 1.29 is 39.8 Å². The summed E-state index contributed by atoms with van der Waals surface area (Å²) in [7, 11) is 0. The van der Waals surface area contributed by atoms with Crippen LogP contribution < -0.4 is 5.32 Å². The minimum Gasteiger partial charge on any atom is -0.394 e. The Hall–Kier alpha value is -0.810. The molecule has 0 aliphatic carbocycles. The molecule has 454 valence electrons. The third-order valence-electron chi connectivity index (χ3n) is 17.0. The standard InChI is InChI=1S/C67H133NO8/c1-3-5-7-9-11-13-15-17-19-21-23-25-27-29-30-31-32-33-34-36-38-40-42-44-46-48-50-52-54-56-61(70)60(59-75-67-66(74)65(73)64(72)62(58-69)76-67)68-63(71)57-55-53-51-49-47-45-43-41-39-37-35-28-26-24-22-20-18-16-14-12-10-8-6-4-2/h60-62,64-67,69-70,72-74H,3-59H2,1-2H3,(H,68,71). The summed E-state index contributed by atoms with van der Waals surface area (Å²) >= 11 is 0. The lowest BCUT2D eigenvalue weighted by Crippen LogP contribution is -2.60. The highest BCUT2D eigenvalue weighted by Crippen LogP contribution is 2.24. The predicted molar refractivity (Wildman–Crippen MR) is 323 cm³/mol. The number of carbonyl (C=O) groups excluding carboxylic acids is 1. The monoisotopic (exact) mass is 1080 g/mol. The first kappa shape index (κ1) is 73.2. The number of aliphatic hydroxyl groups excluding tert-OH is 5. The zero-order valence-electron chi connectivity index (χ0n) is 50.8. The van der Waals surface area contributed by atoms with E-state index in [2.05, 4.69) is 19.2 Å². The molecule has 1 aliphatic heterocycles. The summed E-state index contributed by atoms with van der Waals surface area (Å²) < 4.78 is 11.4. The maximum absolute atomic E-state index is 13.1. The Morgan fingerprint density at radius 3 is 0.934 bits per heavy atom. The number of ether oxygens (including phenoxy) is 2. The van der Waals surface area contributed by atoms with Crippen molar-refractivity contribution >= 4 is 5.91 Å². The molecular formula is C67H133NO8. The molecule has 1 rings (SSSR count). The molecule has 9 nitrogen and oxygen atoms in total. The van der Waals surface area contributed by atoms with Gasteiger partial charge < -0.3 is 40.3 Å². The van der Waals surface area contributed by atoms with Crippen molar-refractivity contribution in [1.29, 1.82) is 0 Å². The van der Waals surface area contributed by atoms with E-state index >= 15 is 0 Å². The zero-order chi connectivity index (χ0) is 55.0. The second-order valence-electron chi connectivity index (χ2n) is 24.3. The predicted octanol–water partition coefficient (Wildman–Crippen LogP) is 18.1. The summed E-state index contributed by atoms with van der Waals surface area (Å²) in [5, 5.41) is 54.9. The fourth-order valence-electron chi connectivity index (χ4n) is 11.6. The average molecular weight is 1080 g/mol. The largest absolute Gasteiger partial charge is 0.394 e. The number of nitrogens with one attached hydrogen (secondary N) is 1. The molecular weight excluding hydrogens is 947 g/mol. The van der Waals surface area contributed by atoms with Crippen LogP contribution in [0.4, 0.5) is 0 Å². The van der Waals surface area contributed by atoms with Crippen LogP contribution in [-0.2, 0) is 14.3 Å². The van der Waals surface area contributed by atoms with Gasteiger partial charge in [-0.15, -0.1) is 0 Å². The lowest BCUT2D eigenvalue weighted by Gasteiger charge is -2.40. The van der Waals surface area contributed by atoms with Crippen molar-refractivity contribution in [1.82, 2.24) is 5.32 Å². The highest BCUT2D eigenvalue weighted by molar-refractivity contribution is 5.76. The normalized spacial score (nSPS) is 18.6. The van der Waals surface area contributed by atoms with Crippen molar-refractivity contribution in [2.75, 3.05) is 13.2 Å². The summed E-state index contributed by atoms with van der Waals surface area (Å²) in [6.07, 6.45) is 64.5. The lowest BCUT2D eigenvalue weighted by molar-refractivity contribution is -0.302. The van der Waals surface area contributed by atoms with Crippen molar-refractivity contribution in [2.24, 2.45) is 0 Å². The molecule has 1 amide bonds. The van der Waals surface area contributed by atoms with Crippen LogP contribution >= 0.6 is 0 Å². The van der Waals surface area contributed by atoms with Crippen LogP contribution in [0.25, 0.3) is 0 Å². The van der Waals surface area contributed by atoms with Crippen LogP contribution in [0.3, 0.4) is 0 Å². The van der Waals surface area contributed by atoms with Gasteiger partial charge in [-0.2, -0.15) is 0 Å². The Bertz CT molecular complexity index is 1160. The van der Waals surface area contributed by atoms with Crippen molar-refractivity contribution in [2.45, 2.75) is 410 Å². The van der Waals surface area contributed by atoms with E-state index in [-0.39, 0.29) is 12.5 Å². The third-order valence-corrected chi connectivity index (χ3v) is 17.0. The maximum atomic E-state index is 13.1. The van der Waals surface area contributed by atoms with E-state index in [4.69, 9.17) is 9.47 Å². The number of hydrogen-bond donors (Lipinski definition) is 6. The Balaban J connectivity index is 2.11. The van der Waals surface area contributed by atoms with Crippen LogP contribution in [0.1, 0.15) is 367 Å². The molecule has 0 spiro atoms. The molecule has 6 N–H and O–H groups in total. The highest BCUT2D eigenvalue weighted by Gasteiger charge is 2.44. The zero-order valence-corrected chi connectivity index (χ0v) is 50.8. The van der Waals surface area contributed by atoms with Gasteiger partial charge in [-0.05, 0) is 12.8 Å². The molecule has 0 radical (unpaired) electrons. The van der Waals surface area contributed by atoms with Gasteiger partial charge in [0.15, 0.2) is 6.29 Å². The van der Waals surface area contributed by atoms with Crippen LogP contribution in [0, 0.1) is 0 Å². The summed E-state index contributed by atoms with van der Waals surface area (Å²) in [5.41, 5.74) is 0. The topological polar surface area (TPSA) is 149 Å². The first-order chi connectivity index (χ1) is 37.3. The van der Waals surface area contributed by atoms with Gasteiger partial charge in [-0.1, -0.05) is 348 Å². The molecule has 76 heavy (non-hydrogen) atoms. The van der Waals surface area contributed by atoms with Gasteiger partial charge in [0.25, 0.3) is 0 Å².